The lowest BCUT2D eigenvalue weighted by Crippen LogP contribution is -2.33. The Morgan fingerprint density at radius 3 is 1.15 bits per heavy atom. The van der Waals surface area contributed by atoms with E-state index in [4.69, 9.17) is 30.4 Å². The molecular formula is C26H40N4O4. The number of rotatable bonds is 4. The van der Waals surface area contributed by atoms with Gasteiger partial charge in [0.1, 0.15) is 0 Å². The van der Waals surface area contributed by atoms with E-state index in [0.29, 0.717) is 52.9 Å². The maximum atomic E-state index is 6.14. The minimum absolute atomic E-state index is 0.576. The maximum Gasteiger partial charge on any atom is 0.0701 e. The van der Waals surface area contributed by atoms with E-state index >= 15 is 0 Å². The molecule has 0 amide bonds. The first-order chi connectivity index (χ1) is 16.7. The summed E-state index contributed by atoms with van der Waals surface area (Å²) >= 11 is 0. The molecule has 0 unspecified atom stereocenters. The second kappa shape index (κ2) is 15.7. The average molecular weight is 473 g/mol. The van der Waals surface area contributed by atoms with Crippen LogP contribution in [0, 0.1) is 0 Å². The first kappa shape index (κ1) is 26.4. The standard InChI is InChI=1S/C26H40N4O4/c27-25-7-3-1-5-23(25)21-29-9-13-31-17-19-33-15-11-30(12-16-34-20-18-32-14-10-29)22-24-6-2-4-8-26(24)28/h1-8H,9-22,27-28H2. The van der Waals surface area contributed by atoms with Crippen molar-refractivity contribution >= 4 is 11.4 Å². The highest BCUT2D eigenvalue weighted by molar-refractivity contribution is 5.46. The van der Waals surface area contributed by atoms with Crippen LogP contribution in [0.3, 0.4) is 0 Å². The monoisotopic (exact) mass is 472 g/mol. The summed E-state index contributed by atoms with van der Waals surface area (Å²) in [4.78, 5) is 4.62. The fourth-order valence-corrected chi connectivity index (χ4v) is 3.80. The topological polar surface area (TPSA) is 95.4 Å². The molecule has 1 heterocycles. The van der Waals surface area contributed by atoms with E-state index in [1.165, 1.54) is 0 Å². The molecule has 8 nitrogen and oxygen atoms in total. The highest BCUT2D eigenvalue weighted by Gasteiger charge is 2.10. The number of benzene rings is 2. The van der Waals surface area contributed by atoms with Crippen molar-refractivity contribution in [2.75, 3.05) is 90.5 Å². The summed E-state index contributed by atoms with van der Waals surface area (Å²) in [5.74, 6) is 0. The van der Waals surface area contributed by atoms with Crippen molar-refractivity contribution in [2.24, 2.45) is 0 Å². The van der Waals surface area contributed by atoms with Crippen molar-refractivity contribution in [3.63, 3.8) is 0 Å². The molecule has 0 bridgehead atoms. The molecule has 1 aliphatic heterocycles. The molecule has 1 saturated heterocycles. The van der Waals surface area contributed by atoms with Gasteiger partial charge in [-0.1, -0.05) is 36.4 Å². The van der Waals surface area contributed by atoms with E-state index in [1.807, 2.05) is 36.4 Å². The van der Waals surface area contributed by atoms with E-state index in [-0.39, 0.29) is 0 Å². The highest BCUT2D eigenvalue weighted by atomic mass is 16.5. The van der Waals surface area contributed by atoms with Crippen LogP contribution >= 0.6 is 0 Å². The molecule has 0 saturated carbocycles. The van der Waals surface area contributed by atoms with Gasteiger partial charge in [-0.2, -0.15) is 0 Å². The predicted octanol–water partition coefficient (Wildman–Crippen LogP) is 2.24. The van der Waals surface area contributed by atoms with Crippen LogP contribution in [0.1, 0.15) is 11.1 Å². The van der Waals surface area contributed by atoms with Gasteiger partial charge in [-0.3, -0.25) is 9.80 Å². The number of anilines is 2. The average Bonchev–Trinajstić information content (AvgIpc) is 2.84. The van der Waals surface area contributed by atoms with E-state index in [9.17, 15) is 0 Å². The Morgan fingerprint density at radius 1 is 0.500 bits per heavy atom. The van der Waals surface area contributed by atoms with Gasteiger partial charge in [0.2, 0.25) is 0 Å². The molecule has 0 aromatic heterocycles. The lowest BCUT2D eigenvalue weighted by molar-refractivity contribution is 0.00628. The van der Waals surface area contributed by atoms with Gasteiger partial charge >= 0.3 is 0 Å². The minimum atomic E-state index is 0.576. The van der Waals surface area contributed by atoms with Crippen molar-refractivity contribution in [3.05, 3.63) is 59.7 Å². The quantitative estimate of drug-likeness (QED) is 0.654. The summed E-state index contributed by atoms with van der Waals surface area (Å²) in [5.41, 5.74) is 16.1. The Bertz CT molecular complexity index is 735. The predicted molar refractivity (Wildman–Crippen MR) is 136 cm³/mol. The van der Waals surface area contributed by atoms with Crippen LogP contribution in [0.4, 0.5) is 11.4 Å². The third kappa shape index (κ3) is 9.97. The van der Waals surface area contributed by atoms with E-state index in [1.54, 1.807) is 0 Å². The van der Waals surface area contributed by atoms with Gasteiger partial charge in [-0.15, -0.1) is 0 Å². The molecule has 4 N–H and O–H groups in total. The summed E-state index contributed by atoms with van der Waals surface area (Å²) < 4.78 is 23.3. The van der Waals surface area contributed by atoms with Crippen LogP contribution in [0.5, 0.6) is 0 Å². The number of ether oxygens (including phenoxy) is 4. The smallest absolute Gasteiger partial charge is 0.0701 e. The van der Waals surface area contributed by atoms with Crippen molar-refractivity contribution in [1.29, 1.82) is 0 Å². The Kier molecular flexibility index (Phi) is 12.2. The molecule has 2 aromatic rings. The third-order valence-electron chi connectivity index (χ3n) is 5.85. The first-order valence-corrected chi connectivity index (χ1v) is 12.1. The van der Waals surface area contributed by atoms with Crippen LogP contribution in [0.15, 0.2) is 48.5 Å². The summed E-state index contributed by atoms with van der Waals surface area (Å²) in [6.45, 7) is 9.62. The van der Waals surface area contributed by atoms with Crippen LogP contribution in [-0.4, -0.2) is 88.8 Å². The molecule has 0 aliphatic carbocycles. The summed E-state index contributed by atoms with van der Waals surface area (Å²) in [6, 6.07) is 16.0. The van der Waals surface area contributed by atoms with Gasteiger partial charge in [0.25, 0.3) is 0 Å². The van der Waals surface area contributed by atoms with Crippen LogP contribution in [0.2, 0.25) is 0 Å². The van der Waals surface area contributed by atoms with Gasteiger partial charge in [0.15, 0.2) is 0 Å². The van der Waals surface area contributed by atoms with Gasteiger partial charge in [-0.25, -0.2) is 0 Å². The third-order valence-corrected chi connectivity index (χ3v) is 5.85. The lowest BCUT2D eigenvalue weighted by atomic mass is 10.1. The number of hydrogen-bond acceptors (Lipinski definition) is 8. The number of nitrogens with zero attached hydrogens (tertiary/aromatic N) is 2. The fourth-order valence-electron chi connectivity index (χ4n) is 3.80. The van der Waals surface area contributed by atoms with Gasteiger partial charge in [0.05, 0.1) is 52.9 Å². The van der Waals surface area contributed by atoms with Gasteiger partial charge < -0.3 is 30.4 Å². The Morgan fingerprint density at radius 2 is 0.824 bits per heavy atom. The Hall–Kier alpha value is -2.20. The summed E-state index contributed by atoms with van der Waals surface area (Å²) in [7, 11) is 0. The Balaban J connectivity index is 1.46. The molecule has 1 fully saturated rings. The molecule has 0 atom stereocenters. The van der Waals surface area contributed by atoms with E-state index in [0.717, 1.165) is 61.8 Å². The zero-order valence-corrected chi connectivity index (χ0v) is 20.2. The molecule has 1 aliphatic rings. The van der Waals surface area contributed by atoms with Crippen molar-refractivity contribution in [3.8, 4) is 0 Å². The number of hydrogen-bond donors (Lipinski definition) is 2. The molecule has 3 rings (SSSR count). The molecule has 34 heavy (non-hydrogen) atoms. The maximum absolute atomic E-state index is 6.14. The zero-order chi connectivity index (χ0) is 23.8. The minimum Gasteiger partial charge on any atom is -0.398 e. The molecule has 2 aromatic carbocycles. The molecule has 0 radical (unpaired) electrons. The molecule has 0 spiro atoms. The summed E-state index contributed by atoms with van der Waals surface area (Å²) in [6.07, 6.45) is 0. The normalized spacial score (nSPS) is 19.3. The molecule has 8 heteroatoms. The van der Waals surface area contributed by atoms with E-state index in [2.05, 4.69) is 21.9 Å². The molecular weight excluding hydrogens is 432 g/mol. The largest absolute Gasteiger partial charge is 0.398 e. The second-order valence-electron chi connectivity index (χ2n) is 8.40. The van der Waals surface area contributed by atoms with Gasteiger partial charge in [0, 0.05) is 50.6 Å². The SMILES string of the molecule is Nc1ccccc1CN1CCOCCOCCN(Cc2ccccc2N)CCOCCOCC1. The van der Waals surface area contributed by atoms with Gasteiger partial charge in [-0.05, 0) is 23.3 Å². The van der Waals surface area contributed by atoms with Crippen molar-refractivity contribution in [2.45, 2.75) is 13.1 Å². The van der Waals surface area contributed by atoms with Crippen molar-refractivity contribution in [1.82, 2.24) is 9.80 Å². The van der Waals surface area contributed by atoms with E-state index < -0.39 is 0 Å². The van der Waals surface area contributed by atoms with Crippen LogP contribution < -0.4 is 11.5 Å². The van der Waals surface area contributed by atoms with Crippen LogP contribution in [-0.2, 0) is 32.0 Å². The summed E-state index contributed by atoms with van der Waals surface area (Å²) in [5, 5.41) is 0. The molecule has 188 valence electrons. The number of para-hydroxylation sites is 2. The second-order valence-corrected chi connectivity index (χ2v) is 8.40. The number of nitrogen functional groups attached to an aromatic ring is 2. The first-order valence-electron chi connectivity index (χ1n) is 12.1. The Labute approximate surface area is 203 Å². The fraction of sp³-hybridized carbons (Fsp3) is 0.538. The number of nitrogens with two attached hydrogens (primary N) is 2. The van der Waals surface area contributed by atoms with Crippen molar-refractivity contribution < 1.29 is 18.9 Å². The van der Waals surface area contributed by atoms with Crippen LogP contribution in [0.25, 0.3) is 0 Å². The highest BCUT2D eigenvalue weighted by Crippen LogP contribution is 2.14. The zero-order valence-electron chi connectivity index (χ0n) is 20.2. The lowest BCUT2D eigenvalue weighted by Gasteiger charge is -2.24.